The molecule has 0 bridgehead atoms. The number of nitrogens with one attached hydrogen (secondary N) is 1. The summed E-state index contributed by atoms with van der Waals surface area (Å²) in [6, 6.07) is 2.10. The van der Waals surface area contributed by atoms with Crippen LogP contribution in [0.15, 0.2) is 0 Å². The Labute approximate surface area is 88.7 Å². The van der Waals surface area contributed by atoms with E-state index in [1.807, 2.05) is 0 Å². The van der Waals surface area contributed by atoms with Crippen molar-refractivity contribution in [2.24, 2.45) is 0 Å². The topological polar surface area (TPSA) is 74.6 Å². The highest BCUT2D eigenvalue weighted by Gasteiger charge is 2.38. The van der Waals surface area contributed by atoms with Crippen LogP contribution in [0.2, 0.25) is 0 Å². The molecular weight excluding hydrogens is 198 g/mol. The second-order valence-corrected chi connectivity index (χ2v) is 3.41. The summed E-state index contributed by atoms with van der Waals surface area (Å²) in [7, 11) is 2.99. The molecule has 1 atom stereocenters. The first-order chi connectivity index (χ1) is 7.17. The number of nitrogens with zero attached hydrogens (tertiary/aromatic N) is 2. The fraction of sp³-hybridized carbons (Fsp3) is 0.778. The van der Waals surface area contributed by atoms with E-state index in [1.165, 1.54) is 19.1 Å². The SMILES string of the molecule is CNOC(=O)N1CCCC(C#N)(OC)C1. The molecule has 1 fully saturated rings. The highest BCUT2D eigenvalue weighted by Crippen LogP contribution is 2.23. The molecule has 84 valence electrons. The number of methoxy groups -OCH3 is 1. The van der Waals surface area contributed by atoms with Crippen molar-refractivity contribution in [2.45, 2.75) is 18.4 Å². The van der Waals surface area contributed by atoms with Gasteiger partial charge in [0.15, 0.2) is 5.60 Å². The highest BCUT2D eigenvalue weighted by atomic mass is 16.7. The number of carbonyl (C=O) groups excluding carboxylic acids is 1. The third kappa shape index (κ3) is 2.58. The minimum absolute atomic E-state index is 0.251. The van der Waals surface area contributed by atoms with E-state index in [0.29, 0.717) is 13.0 Å². The molecule has 1 unspecified atom stereocenters. The maximum atomic E-state index is 11.4. The molecule has 0 aromatic rings. The summed E-state index contributed by atoms with van der Waals surface area (Å²) in [5, 5.41) is 9.00. The van der Waals surface area contributed by atoms with Crippen molar-refractivity contribution in [2.75, 3.05) is 27.2 Å². The standard InChI is InChI=1S/C9H15N3O3/c1-11-15-8(13)12-5-3-4-9(6-10,7-12)14-2/h11H,3-5,7H2,1-2H3. The van der Waals surface area contributed by atoms with Gasteiger partial charge in [0.2, 0.25) is 0 Å². The first kappa shape index (κ1) is 11.8. The molecule has 6 heteroatoms. The number of nitriles is 1. The predicted octanol–water partition coefficient (Wildman–Crippen LogP) is 0.262. The Morgan fingerprint density at radius 2 is 2.40 bits per heavy atom. The lowest BCUT2D eigenvalue weighted by Gasteiger charge is -2.36. The maximum absolute atomic E-state index is 11.4. The van der Waals surface area contributed by atoms with Crippen LogP contribution in [0.3, 0.4) is 0 Å². The molecule has 1 aliphatic rings. The number of ether oxygens (including phenoxy) is 1. The Morgan fingerprint density at radius 3 is 2.93 bits per heavy atom. The smallest absolute Gasteiger partial charge is 0.361 e. The number of carbonyl (C=O) groups is 1. The van der Waals surface area contributed by atoms with Gasteiger partial charge in [-0.2, -0.15) is 10.7 Å². The molecule has 0 spiro atoms. The van der Waals surface area contributed by atoms with Crippen LogP contribution in [0.5, 0.6) is 0 Å². The summed E-state index contributed by atoms with van der Waals surface area (Å²) in [6.07, 6.45) is 0.901. The number of hydrogen-bond donors (Lipinski definition) is 1. The lowest BCUT2D eigenvalue weighted by atomic mass is 9.94. The largest absolute Gasteiger partial charge is 0.428 e. The van der Waals surface area contributed by atoms with Crippen LogP contribution < -0.4 is 5.48 Å². The number of piperidine rings is 1. The van der Waals surface area contributed by atoms with E-state index in [1.54, 1.807) is 0 Å². The molecule has 0 saturated carbocycles. The van der Waals surface area contributed by atoms with Crippen molar-refractivity contribution in [3.05, 3.63) is 0 Å². The van der Waals surface area contributed by atoms with Crippen molar-refractivity contribution in [3.8, 4) is 6.07 Å². The summed E-state index contributed by atoms with van der Waals surface area (Å²) >= 11 is 0. The quantitative estimate of drug-likeness (QED) is 0.666. The summed E-state index contributed by atoms with van der Waals surface area (Å²) in [4.78, 5) is 17.5. The van der Waals surface area contributed by atoms with Crippen LogP contribution in [0, 0.1) is 11.3 Å². The number of hydrogen-bond acceptors (Lipinski definition) is 5. The number of amides is 1. The van der Waals surface area contributed by atoms with Gasteiger partial charge in [0.25, 0.3) is 0 Å². The third-order valence-corrected chi connectivity index (χ3v) is 2.50. The highest BCUT2D eigenvalue weighted by molar-refractivity contribution is 5.67. The van der Waals surface area contributed by atoms with Crippen molar-refractivity contribution >= 4 is 6.09 Å². The monoisotopic (exact) mass is 213 g/mol. The zero-order valence-electron chi connectivity index (χ0n) is 8.95. The summed E-state index contributed by atoms with van der Waals surface area (Å²) in [5.74, 6) is 0. The van der Waals surface area contributed by atoms with Crippen molar-refractivity contribution in [1.29, 1.82) is 5.26 Å². The van der Waals surface area contributed by atoms with Crippen molar-refractivity contribution < 1.29 is 14.4 Å². The molecule has 1 heterocycles. The van der Waals surface area contributed by atoms with Crippen LogP contribution in [0.4, 0.5) is 4.79 Å². The first-order valence-electron chi connectivity index (χ1n) is 4.76. The molecule has 15 heavy (non-hydrogen) atoms. The predicted molar refractivity (Wildman–Crippen MR) is 51.7 cm³/mol. The van der Waals surface area contributed by atoms with E-state index < -0.39 is 11.7 Å². The molecule has 1 amide bonds. The van der Waals surface area contributed by atoms with Crippen LogP contribution >= 0.6 is 0 Å². The van der Waals surface area contributed by atoms with Crippen LogP contribution in [-0.2, 0) is 9.57 Å². The van der Waals surface area contributed by atoms with E-state index in [4.69, 9.17) is 10.00 Å². The Hall–Kier alpha value is -1.32. The molecule has 0 radical (unpaired) electrons. The molecule has 0 aliphatic carbocycles. The van der Waals surface area contributed by atoms with Crippen LogP contribution in [0.1, 0.15) is 12.8 Å². The van der Waals surface area contributed by atoms with Gasteiger partial charge in [-0.3, -0.25) is 0 Å². The van der Waals surface area contributed by atoms with Crippen molar-refractivity contribution in [1.82, 2.24) is 10.4 Å². The maximum Gasteiger partial charge on any atom is 0.428 e. The van der Waals surface area contributed by atoms with Gasteiger partial charge in [0.1, 0.15) is 0 Å². The van der Waals surface area contributed by atoms with Gasteiger partial charge in [-0.1, -0.05) is 0 Å². The summed E-state index contributed by atoms with van der Waals surface area (Å²) in [5.41, 5.74) is 1.43. The minimum atomic E-state index is -0.884. The van der Waals surface area contributed by atoms with Gasteiger partial charge < -0.3 is 14.5 Å². The first-order valence-corrected chi connectivity index (χ1v) is 4.76. The molecular formula is C9H15N3O3. The molecule has 0 aromatic carbocycles. The van der Waals surface area contributed by atoms with E-state index in [9.17, 15) is 4.79 Å². The zero-order valence-corrected chi connectivity index (χ0v) is 8.95. The Morgan fingerprint density at radius 1 is 1.67 bits per heavy atom. The van der Waals surface area contributed by atoms with Gasteiger partial charge in [0.05, 0.1) is 12.6 Å². The zero-order chi connectivity index (χ0) is 11.3. The average molecular weight is 213 g/mol. The fourth-order valence-corrected chi connectivity index (χ4v) is 1.63. The molecule has 1 rings (SSSR count). The van der Waals surface area contributed by atoms with E-state index in [0.717, 1.165) is 6.42 Å². The van der Waals surface area contributed by atoms with Crippen molar-refractivity contribution in [3.63, 3.8) is 0 Å². The Kier molecular flexibility index (Phi) is 3.88. The minimum Gasteiger partial charge on any atom is -0.361 e. The molecule has 1 N–H and O–H groups in total. The Bertz CT molecular complexity index is 276. The average Bonchev–Trinajstić information content (AvgIpc) is 2.29. The fourth-order valence-electron chi connectivity index (χ4n) is 1.63. The second kappa shape index (κ2) is 4.96. The van der Waals surface area contributed by atoms with Gasteiger partial charge in [0, 0.05) is 20.7 Å². The molecule has 0 aromatic heterocycles. The van der Waals surface area contributed by atoms with Gasteiger partial charge >= 0.3 is 6.09 Å². The van der Waals surface area contributed by atoms with E-state index in [2.05, 4.69) is 16.4 Å². The van der Waals surface area contributed by atoms with Gasteiger partial charge in [-0.25, -0.2) is 4.79 Å². The molecule has 1 aliphatic heterocycles. The third-order valence-electron chi connectivity index (χ3n) is 2.50. The Balaban J connectivity index is 2.63. The van der Waals surface area contributed by atoms with Crippen LogP contribution in [-0.4, -0.2) is 43.8 Å². The second-order valence-electron chi connectivity index (χ2n) is 3.41. The summed E-state index contributed by atoms with van der Waals surface area (Å²) in [6.45, 7) is 0.841. The van der Waals surface area contributed by atoms with Crippen LogP contribution in [0.25, 0.3) is 0 Å². The number of likely N-dealkylation sites (tertiary alicyclic amines) is 1. The van der Waals surface area contributed by atoms with E-state index >= 15 is 0 Å². The lowest BCUT2D eigenvalue weighted by Crippen LogP contribution is -2.51. The molecule has 1 saturated heterocycles. The van der Waals surface area contributed by atoms with Gasteiger partial charge in [-0.15, -0.1) is 0 Å². The normalized spacial score (nSPS) is 25.8. The van der Waals surface area contributed by atoms with Gasteiger partial charge in [-0.05, 0) is 12.8 Å². The number of hydroxylamine groups is 1. The molecule has 6 nitrogen and oxygen atoms in total. The lowest BCUT2D eigenvalue weighted by molar-refractivity contribution is -0.0278. The van der Waals surface area contributed by atoms with E-state index in [-0.39, 0.29) is 6.54 Å². The summed E-state index contributed by atoms with van der Waals surface area (Å²) < 4.78 is 5.16. The number of rotatable bonds is 2.